The van der Waals surface area contributed by atoms with Crippen molar-refractivity contribution in [1.29, 1.82) is 0 Å². The zero-order chi connectivity index (χ0) is 11.4. The summed E-state index contributed by atoms with van der Waals surface area (Å²) in [7, 11) is 0. The zero-order valence-corrected chi connectivity index (χ0v) is 11.0. The van der Waals surface area contributed by atoms with Gasteiger partial charge in [-0.2, -0.15) is 0 Å². The van der Waals surface area contributed by atoms with Crippen LogP contribution in [0, 0.1) is 0 Å². The number of aromatic nitrogens is 1. The first-order chi connectivity index (χ1) is 7.81. The number of anilines is 1. The summed E-state index contributed by atoms with van der Waals surface area (Å²) in [5.41, 5.74) is 5.51. The van der Waals surface area contributed by atoms with Crippen LogP contribution in [0.1, 0.15) is 30.6 Å². The molecule has 1 saturated heterocycles. The van der Waals surface area contributed by atoms with E-state index in [1.807, 2.05) is 0 Å². The van der Waals surface area contributed by atoms with E-state index in [0.29, 0.717) is 11.7 Å². The molecule has 2 rings (SSSR count). The molecule has 2 heterocycles. The number of thiazole rings is 1. The number of hydrogen-bond donors (Lipinski definition) is 1. The Morgan fingerprint density at radius 3 is 2.75 bits per heavy atom. The topological polar surface area (TPSA) is 42.1 Å². The van der Waals surface area contributed by atoms with Crippen LogP contribution in [0.5, 0.6) is 0 Å². The normalized spacial score (nSPS) is 16.8. The smallest absolute Gasteiger partial charge is 0.187 e. The van der Waals surface area contributed by atoms with Crippen LogP contribution in [-0.4, -0.2) is 24.6 Å². The highest BCUT2D eigenvalue weighted by atomic mass is 35.5. The van der Waals surface area contributed by atoms with Gasteiger partial charge in [0.05, 0.1) is 0 Å². The van der Waals surface area contributed by atoms with Crippen LogP contribution in [0.3, 0.4) is 0 Å². The first-order valence-electron chi connectivity index (χ1n) is 5.91. The number of piperidine rings is 1. The lowest BCUT2D eigenvalue weighted by Crippen LogP contribution is -2.29. The molecular formula is C11H18ClN3S. The van der Waals surface area contributed by atoms with E-state index < -0.39 is 0 Å². The Kier molecular flexibility index (Phi) is 4.44. The maximum atomic E-state index is 6.13. The first kappa shape index (κ1) is 12.1. The van der Waals surface area contributed by atoms with Crippen molar-refractivity contribution in [3.05, 3.63) is 10.0 Å². The quantitative estimate of drug-likeness (QED) is 0.904. The van der Waals surface area contributed by atoms with Gasteiger partial charge < -0.3 is 10.6 Å². The molecule has 2 N–H and O–H groups in total. The van der Waals surface area contributed by atoms with Gasteiger partial charge in [0.25, 0.3) is 0 Å². The fourth-order valence-electron chi connectivity index (χ4n) is 1.96. The summed E-state index contributed by atoms with van der Waals surface area (Å²) in [4.78, 5) is 8.00. The van der Waals surface area contributed by atoms with Gasteiger partial charge in [-0.1, -0.05) is 11.6 Å². The maximum absolute atomic E-state index is 6.13. The Morgan fingerprint density at radius 1 is 1.31 bits per heavy atom. The number of halogens is 1. The van der Waals surface area contributed by atoms with Crippen LogP contribution in [0.15, 0.2) is 0 Å². The van der Waals surface area contributed by atoms with Crippen molar-refractivity contribution in [2.24, 2.45) is 5.73 Å². The van der Waals surface area contributed by atoms with Gasteiger partial charge in [0, 0.05) is 18.0 Å². The van der Waals surface area contributed by atoms with Crippen LogP contribution in [-0.2, 0) is 6.42 Å². The minimum absolute atomic E-state index is 0.680. The molecule has 1 aromatic heterocycles. The van der Waals surface area contributed by atoms with Crippen LogP contribution >= 0.6 is 22.9 Å². The van der Waals surface area contributed by atoms with Crippen molar-refractivity contribution < 1.29 is 0 Å². The zero-order valence-electron chi connectivity index (χ0n) is 9.41. The molecular weight excluding hydrogens is 242 g/mol. The van der Waals surface area contributed by atoms with Gasteiger partial charge >= 0.3 is 0 Å². The second-order valence-electron chi connectivity index (χ2n) is 4.15. The molecule has 0 amide bonds. The minimum Gasteiger partial charge on any atom is -0.348 e. The van der Waals surface area contributed by atoms with Crippen LogP contribution < -0.4 is 10.6 Å². The predicted molar refractivity (Wildman–Crippen MR) is 70.6 cm³/mol. The lowest BCUT2D eigenvalue weighted by Gasteiger charge is -2.25. The highest BCUT2D eigenvalue weighted by Crippen LogP contribution is 2.31. The fourth-order valence-corrected chi connectivity index (χ4v) is 3.34. The summed E-state index contributed by atoms with van der Waals surface area (Å²) >= 11 is 7.87. The molecule has 16 heavy (non-hydrogen) atoms. The SMILES string of the molecule is NCCCc1sc(N2CCCCC2)nc1Cl. The highest BCUT2D eigenvalue weighted by Gasteiger charge is 2.16. The molecule has 1 fully saturated rings. The molecule has 0 atom stereocenters. The molecule has 3 nitrogen and oxygen atoms in total. The summed E-state index contributed by atoms with van der Waals surface area (Å²) < 4.78 is 0. The average molecular weight is 260 g/mol. The number of nitrogens with two attached hydrogens (primary N) is 1. The van der Waals surface area contributed by atoms with Crippen molar-refractivity contribution in [2.45, 2.75) is 32.1 Å². The van der Waals surface area contributed by atoms with E-state index in [2.05, 4.69) is 9.88 Å². The molecule has 1 aliphatic heterocycles. The van der Waals surface area contributed by atoms with Crippen molar-refractivity contribution in [2.75, 3.05) is 24.5 Å². The molecule has 0 radical (unpaired) electrons. The Balaban J connectivity index is 2.03. The third-order valence-corrected chi connectivity index (χ3v) is 4.47. The van der Waals surface area contributed by atoms with Gasteiger partial charge in [0.15, 0.2) is 5.13 Å². The monoisotopic (exact) mass is 259 g/mol. The third-order valence-electron chi connectivity index (χ3n) is 2.87. The van der Waals surface area contributed by atoms with Gasteiger partial charge in [-0.25, -0.2) is 4.98 Å². The second-order valence-corrected chi connectivity index (χ2v) is 5.57. The summed E-state index contributed by atoms with van der Waals surface area (Å²) in [6.07, 6.45) is 5.84. The summed E-state index contributed by atoms with van der Waals surface area (Å²) in [6, 6.07) is 0. The lowest BCUT2D eigenvalue weighted by atomic mass is 10.1. The number of aryl methyl sites for hydroxylation is 1. The number of nitrogens with zero attached hydrogens (tertiary/aromatic N) is 2. The average Bonchev–Trinajstić information content (AvgIpc) is 2.69. The molecule has 0 unspecified atom stereocenters. The van der Waals surface area contributed by atoms with Crippen LogP contribution in [0.2, 0.25) is 5.15 Å². The Bertz CT molecular complexity index is 334. The van der Waals surface area contributed by atoms with Gasteiger partial charge in [0.1, 0.15) is 5.15 Å². The molecule has 0 spiro atoms. The second kappa shape index (κ2) is 5.84. The number of rotatable bonds is 4. The van der Waals surface area contributed by atoms with Crippen LogP contribution in [0.4, 0.5) is 5.13 Å². The molecule has 5 heteroatoms. The standard InChI is InChI=1S/C11H18ClN3S/c12-10-9(5-4-6-13)16-11(14-10)15-7-2-1-3-8-15/h1-8,13H2. The van der Waals surface area contributed by atoms with E-state index in [9.17, 15) is 0 Å². The predicted octanol–water partition coefficient (Wildman–Crippen LogP) is 2.68. The largest absolute Gasteiger partial charge is 0.348 e. The summed E-state index contributed by atoms with van der Waals surface area (Å²) in [6.45, 7) is 2.97. The van der Waals surface area contributed by atoms with E-state index in [4.69, 9.17) is 17.3 Å². The Hall–Kier alpha value is -0.320. The Morgan fingerprint density at radius 2 is 2.06 bits per heavy atom. The van der Waals surface area contributed by atoms with E-state index in [1.165, 1.54) is 24.1 Å². The van der Waals surface area contributed by atoms with Gasteiger partial charge in [-0.3, -0.25) is 0 Å². The highest BCUT2D eigenvalue weighted by molar-refractivity contribution is 7.16. The molecule has 1 aliphatic rings. The van der Waals surface area contributed by atoms with Gasteiger partial charge in [0.2, 0.25) is 0 Å². The molecule has 0 aliphatic carbocycles. The van der Waals surface area contributed by atoms with E-state index >= 15 is 0 Å². The van der Waals surface area contributed by atoms with Crippen molar-refractivity contribution in [3.63, 3.8) is 0 Å². The van der Waals surface area contributed by atoms with Gasteiger partial charge in [-0.15, -0.1) is 11.3 Å². The summed E-state index contributed by atoms with van der Waals surface area (Å²) in [5.74, 6) is 0. The third kappa shape index (κ3) is 2.87. The Labute approximate surface area is 106 Å². The van der Waals surface area contributed by atoms with Gasteiger partial charge in [-0.05, 0) is 38.6 Å². The number of hydrogen-bond acceptors (Lipinski definition) is 4. The molecule has 1 aromatic rings. The molecule has 0 aromatic carbocycles. The van der Waals surface area contributed by atoms with E-state index in [1.54, 1.807) is 11.3 Å². The lowest BCUT2D eigenvalue weighted by molar-refractivity contribution is 0.577. The maximum Gasteiger partial charge on any atom is 0.187 e. The van der Waals surface area contributed by atoms with Crippen molar-refractivity contribution in [3.8, 4) is 0 Å². The van der Waals surface area contributed by atoms with E-state index in [0.717, 1.165) is 31.1 Å². The first-order valence-corrected chi connectivity index (χ1v) is 7.11. The molecule has 90 valence electrons. The minimum atomic E-state index is 0.680. The molecule has 0 bridgehead atoms. The summed E-state index contributed by atoms with van der Waals surface area (Å²) in [5, 5.41) is 1.77. The molecule has 0 saturated carbocycles. The van der Waals surface area contributed by atoms with Crippen molar-refractivity contribution in [1.82, 2.24) is 4.98 Å². The van der Waals surface area contributed by atoms with Crippen molar-refractivity contribution >= 4 is 28.1 Å². The van der Waals surface area contributed by atoms with E-state index in [-0.39, 0.29) is 0 Å². The fraction of sp³-hybridized carbons (Fsp3) is 0.727. The van der Waals surface area contributed by atoms with Crippen LogP contribution in [0.25, 0.3) is 0 Å².